The maximum Gasteiger partial charge on any atom is 0.258 e. The third kappa shape index (κ3) is 1.90. The highest BCUT2D eigenvalue weighted by Crippen LogP contribution is 2.30. The average molecular weight is 258 g/mol. The number of phenols is 2. The van der Waals surface area contributed by atoms with Crippen molar-refractivity contribution in [1.82, 2.24) is 19.7 Å². The van der Waals surface area contributed by atoms with Crippen LogP contribution in [0.2, 0.25) is 0 Å². The summed E-state index contributed by atoms with van der Waals surface area (Å²) in [5.41, 5.74) is 0.517. The minimum atomic E-state index is -0.241. The Hall–Kier alpha value is -2.83. The molecular weight excluding hydrogens is 248 g/mol. The van der Waals surface area contributed by atoms with Gasteiger partial charge in [0.05, 0.1) is 0 Å². The first kappa shape index (κ1) is 11.3. The Balaban J connectivity index is 2.01. The van der Waals surface area contributed by atoms with Crippen molar-refractivity contribution in [2.75, 3.05) is 0 Å². The number of aromatic nitrogens is 4. The van der Waals surface area contributed by atoms with Gasteiger partial charge in [-0.2, -0.15) is 4.98 Å². The first-order valence-corrected chi connectivity index (χ1v) is 5.49. The van der Waals surface area contributed by atoms with Gasteiger partial charge in [-0.15, -0.1) is 0 Å². The van der Waals surface area contributed by atoms with Crippen molar-refractivity contribution in [3.8, 4) is 34.6 Å². The predicted octanol–water partition coefficient (Wildman–Crippen LogP) is 1.55. The molecule has 0 aliphatic rings. The molecular formula is C12H10N4O3. The molecule has 7 nitrogen and oxygen atoms in total. The largest absolute Gasteiger partial charge is 0.504 e. The van der Waals surface area contributed by atoms with E-state index in [2.05, 4.69) is 15.1 Å². The predicted molar refractivity (Wildman–Crippen MR) is 65.3 cm³/mol. The van der Waals surface area contributed by atoms with Gasteiger partial charge >= 0.3 is 0 Å². The summed E-state index contributed by atoms with van der Waals surface area (Å²) in [5.74, 6) is 0.739. The highest BCUT2D eigenvalue weighted by molar-refractivity contribution is 5.60. The molecule has 0 radical (unpaired) electrons. The van der Waals surface area contributed by atoms with E-state index in [1.807, 2.05) is 7.05 Å². The van der Waals surface area contributed by atoms with Crippen LogP contribution in [0.5, 0.6) is 11.5 Å². The number of phenolic OH excluding ortho intramolecular Hbond substituents is 2. The van der Waals surface area contributed by atoms with Gasteiger partial charge in [0.2, 0.25) is 5.82 Å². The summed E-state index contributed by atoms with van der Waals surface area (Å²) in [6, 6.07) is 4.28. The molecule has 0 atom stereocenters. The number of imidazole rings is 1. The van der Waals surface area contributed by atoms with Gasteiger partial charge in [0.1, 0.15) is 0 Å². The third-order valence-electron chi connectivity index (χ3n) is 2.67. The maximum absolute atomic E-state index is 9.44. The van der Waals surface area contributed by atoms with Crippen LogP contribution < -0.4 is 0 Å². The molecule has 0 spiro atoms. The SMILES string of the molecule is Cn1ccnc1-c1noc(-c2ccc(O)c(O)c2)n1. The van der Waals surface area contributed by atoms with Crippen molar-refractivity contribution in [2.45, 2.75) is 0 Å². The van der Waals surface area contributed by atoms with Crippen molar-refractivity contribution in [1.29, 1.82) is 0 Å². The number of hydrogen-bond acceptors (Lipinski definition) is 6. The molecule has 7 heteroatoms. The zero-order valence-corrected chi connectivity index (χ0v) is 9.98. The van der Waals surface area contributed by atoms with Gasteiger partial charge in [0, 0.05) is 25.0 Å². The van der Waals surface area contributed by atoms with Gasteiger partial charge in [-0.05, 0) is 18.2 Å². The van der Waals surface area contributed by atoms with E-state index in [0.717, 1.165) is 0 Å². The lowest BCUT2D eigenvalue weighted by molar-refractivity contribution is 0.402. The molecule has 0 unspecified atom stereocenters. The average Bonchev–Trinajstić information content (AvgIpc) is 3.01. The van der Waals surface area contributed by atoms with E-state index >= 15 is 0 Å². The van der Waals surface area contributed by atoms with Crippen LogP contribution in [0.15, 0.2) is 35.1 Å². The van der Waals surface area contributed by atoms with Crippen LogP contribution in [-0.4, -0.2) is 29.9 Å². The molecule has 2 aromatic heterocycles. The minimum absolute atomic E-state index is 0.201. The van der Waals surface area contributed by atoms with Crippen LogP contribution in [0, 0.1) is 0 Å². The van der Waals surface area contributed by atoms with Crippen LogP contribution in [0.25, 0.3) is 23.1 Å². The molecule has 0 aliphatic carbocycles. The second-order valence-corrected chi connectivity index (χ2v) is 3.99. The number of benzene rings is 1. The summed E-state index contributed by atoms with van der Waals surface area (Å²) < 4.78 is 6.88. The van der Waals surface area contributed by atoms with E-state index in [-0.39, 0.29) is 17.4 Å². The first-order valence-electron chi connectivity index (χ1n) is 5.49. The second kappa shape index (κ2) is 4.13. The summed E-state index contributed by atoms with van der Waals surface area (Å²) in [5, 5.41) is 22.5. The fourth-order valence-corrected chi connectivity index (χ4v) is 1.67. The van der Waals surface area contributed by atoms with Crippen LogP contribution in [0.3, 0.4) is 0 Å². The Morgan fingerprint density at radius 3 is 2.74 bits per heavy atom. The van der Waals surface area contributed by atoms with Crippen molar-refractivity contribution < 1.29 is 14.7 Å². The molecule has 1 aromatic carbocycles. The fourth-order valence-electron chi connectivity index (χ4n) is 1.67. The number of aryl methyl sites for hydroxylation is 1. The third-order valence-corrected chi connectivity index (χ3v) is 2.67. The number of nitrogens with zero attached hydrogens (tertiary/aromatic N) is 4. The zero-order valence-electron chi connectivity index (χ0n) is 9.98. The summed E-state index contributed by atoms with van der Waals surface area (Å²) in [6.07, 6.45) is 3.41. The van der Waals surface area contributed by atoms with Crippen molar-refractivity contribution >= 4 is 0 Å². The summed E-state index contributed by atoms with van der Waals surface area (Å²) in [6.45, 7) is 0. The van der Waals surface area contributed by atoms with Crippen LogP contribution in [-0.2, 0) is 7.05 Å². The van der Waals surface area contributed by atoms with Gasteiger partial charge in [-0.25, -0.2) is 4.98 Å². The van der Waals surface area contributed by atoms with Crippen LogP contribution in [0.1, 0.15) is 0 Å². The van der Waals surface area contributed by atoms with Gasteiger partial charge in [0.15, 0.2) is 17.3 Å². The van der Waals surface area contributed by atoms with E-state index in [1.165, 1.54) is 12.1 Å². The minimum Gasteiger partial charge on any atom is -0.504 e. The Morgan fingerprint density at radius 1 is 1.21 bits per heavy atom. The number of aromatic hydroxyl groups is 2. The summed E-state index contributed by atoms with van der Waals surface area (Å²) in [7, 11) is 1.82. The molecule has 19 heavy (non-hydrogen) atoms. The topological polar surface area (TPSA) is 97.2 Å². The lowest BCUT2D eigenvalue weighted by atomic mass is 10.2. The standard InChI is InChI=1S/C12H10N4O3/c1-16-5-4-13-11(16)10-14-12(19-15-10)7-2-3-8(17)9(18)6-7/h2-6,17-18H,1H3. The highest BCUT2D eigenvalue weighted by atomic mass is 16.5. The number of rotatable bonds is 2. The first-order chi connectivity index (χ1) is 9.15. The normalized spacial score (nSPS) is 10.8. The molecule has 0 saturated carbocycles. The van der Waals surface area contributed by atoms with Crippen LogP contribution >= 0.6 is 0 Å². The molecule has 0 fully saturated rings. The van der Waals surface area contributed by atoms with E-state index in [1.54, 1.807) is 23.0 Å². The van der Waals surface area contributed by atoms with Crippen LogP contribution in [0.4, 0.5) is 0 Å². The highest BCUT2D eigenvalue weighted by Gasteiger charge is 2.14. The van der Waals surface area contributed by atoms with E-state index in [0.29, 0.717) is 17.2 Å². The number of hydrogen-bond donors (Lipinski definition) is 2. The Bertz CT molecular complexity index is 732. The van der Waals surface area contributed by atoms with E-state index in [4.69, 9.17) is 4.52 Å². The molecule has 0 bridgehead atoms. The Labute approximate surface area is 107 Å². The van der Waals surface area contributed by atoms with E-state index in [9.17, 15) is 10.2 Å². The van der Waals surface area contributed by atoms with Crippen molar-refractivity contribution in [3.05, 3.63) is 30.6 Å². The molecule has 0 aliphatic heterocycles. The molecule has 0 saturated heterocycles. The second-order valence-electron chi connectivity index (χ2n) is 3.99. The van der Waals surface area contributed by atoms with E-state index < -0.39 is 0 Å². The fraction of sp³-hybridized carbons (Fsp3) is 0.0833. The Morgan fingerprint density at radius 2 is 2.05 bits per heavy atom. The quantitative estimate of drug-likeness (QED) is 0.677. The van der Waals surface area contributed by atoms with Gasteiger partial charge in [0.25, 0.3) is 5.89 Å². The lowest BCUT2D eigenvalue weighted by Crippen LogP contribution is -1.92. The molecule has 0 amide bonds. The van der Waals surface area contributed by atoms with Gasteiger partial charge in [-0.3, -0.25) is 0 Å². The Kier molecular flexibility index (Phi) is 2.45. The van der Waals surface area contributed by atoms with Gasteiger partial charge in [-0.1, -0.05) is 5.16 Å². The molecule has 3 aromatic rings. The summed E-state index contributed by atoms with van der Waals surface area (Å²) >= 11 is 0. The smallest absolute Gasteiger partial charge is 0.258 e. The molecule has 2 N–H and O–H groups in total. The van der Waals surface area contributed by atoms with Gasteiger partial charge < -0.3 is 19.3 Å². The molecule has 2 heterocycles. The molecule has 96 valence electrons. The van der Waals surface area contributed by atoms with Crippen molar-refractivity contribution in [2.24, 2.45) is 7.05 Å². The maximum atomic E-state index is 9.44. The monoisotopic (exact) mass is 258 g/mol. The molecule has 3 rings (SSSR count). The lowest BCUT2D eigenvalue weighted by Gasteiger charge is -1.98. The zero-order chi connectivity index (χ0) is 13.4. The summed E-state index contributed by atoms with van der Waals surface area (Å²) in [4.78, 5) is 8.31. The van der Waals surface area contributed by atoms with Crippen molar-refractivity contribution in [3.63, 3.8) is 0 Å².